The van der Waals surface area contributed by atoms with Crippen molar-refractivity contribution < 1.29 is 9.53 Å². The SMILES string of the molecule is O=C(OCCN1CCNCC1)c1cc(Cl)cc(Cl)c1. The maximum absolute atomic E-state index is 11.8. The summed E-state index contributed by atoms with van der Waals surface area (Å²) in [6, 6.07) is 4.70. The Bertz CT molecular complexity index is 428. The molecule has 0 radical (unpaired) electrons. The van der Waals surface area contributed by atoms with Crippen molar-refractivity contribution in [3.05, 3.63) is 33.8 Å². The summed E-state index contributed by atoms with van der Waals surface area (Å²) in [7, 11) is 0. The van der Waals surface area contributed by atoms with Crippen molar-refractivity contribution in [1.82, 2.24) is 10.2 Å². The van der Waals surface area contributed by atoms with Crippen LogP contribution in [0.25, 0.3) is 0 Å². The molecule has 1 aromatic carbocycles. The van der Waals surface area contributed by atoms with E-state index in [1.165, 1.54) is 0 Å². The molecule has 1 N–H and O–H groups in total. The third kappa shape index (κ3) is 4.66. The fraction of sp³-hybridized carbons (Fsp3) is 0.462. The summed E-state index contributed by atoms with van der Waals surface area (Å²) in [6.45, 7) is 5.07. The molecule has 0 unspecified atom stereocenters. The number of esters is 1. The zero-order valence-electron chi connectivity index (χ0n) is 10.5. The van der Waals surface area contributed by atoms with E-state index in [0.29, 0.717) is 22.2 Å². The molecule has 1 aromatic rings. The van der Waals surface area contributed by atoms with Crippen LogP contribution >= 0.6 is 23.2 Å². The van der Waals surface area contributed by atoms with Crippen LogP contribution in [0.3, 0.4) is 0 Å². The van der Waals surface area contributed by atoms with Crippen LogP contribution in [0.1, 0.15) is 10.4 Å². The van der Waals surface area contributed by atoms with Crippen LogP contribution in [0.4, 0.5) is 0 Å². The number of rotatable bonds is 4. The molecule has 1 heterocycles. The van der Waals surface area contributed by atoms with E-state index in [1.54, 1.807) is 18.2 Å². The Morgan fingerprint density at radius 1 is 1.21 bits per heavy atom. The average Bonchev–Trinajstić information content (AvgIpc) is 2.38. The first-order valence-electron chi connectivity index (χ1n) is 6.21. The number of piperazine rings is 1. The van der Waals surface area contributed by atoms with E-state index in [9.17, 15) is 4.79 Å². The van der Waals surface area contributed by atoms with E-state index in [-0.39, 0.29) is 5.97 Å². The van der Waals surface area contributed by atoms with Crippen LogP contribution in [-0.4, -0.2) is 50.2 Å². The van der Waals surface area contributed by atoms with Crippen molar-refractivity contribution in [2.75, 3.05) is 39.3 Å². The van der Waals surface area contributed by atoms with Gasteiger partial charge in [-0.2, -0.15) is 0 Å². The molecule has 1 saturated heterocycles. The first-order valence-corrected chi connectivity index (χ1v) is 6.97. The minimum Gasteiger partial charge on any atom is -0.461 e. The van der Waals surface area contributed by atoms with Gasteiger partial charge in [-0.25, -0.2) is 4.79 Å². The van der Waals surface area contributed by atoms with Gasteiger partial charge in [0, 0.05) is 42.8 Å². The highest BCUT2D eigenvalue weighted by atomic mass is 35.5. The predicted molar refractivity (Wildman–Crippen MR) is 76.1 cm³/mol. The van der Waals surface area contributed by atoms with Crippen molar-refractivity contribution in [3.8, 4) is 0 Å². The molecular formula is C13H16Cl2N2O2. The summed E-state index contributed by atoms with van der Waals surface area (Å²) in [5, 5.41) is 4.14. The lowest BCUT2D eigenvalue weighted by Gasteiger charge is -2.26. The standard InChI is InChI=1S/C13H16Cl2N2O2/c14-11-7-10(8-12(15)9-11)13(18)19-6-5-17-3-1-16-2-4-17/h7-9,16H,1-6H2. The molecule has 0 amide bonds. The number of nitrogens with one attached hydrogen (secondary N) is 1. The van der Waals surface area contributed by atoms with Gasteiger partial charge in [-0.3, -0.25) is 4.90 Å². The molecule has 0 aliphatic carbocycles. The van der Waals surface area contributed by atoms with E-state index < -0.39 is 0 Å². The van der Waals surface area contributed by atoms with Crippen LogP contribution in [-0.2, 0) is 4.74 Å². The largest absolute Gasteiger partial charge is 0.461 e. The average molecular weight is 303 g/mol. The third-order valence-electron chi connectivity index (χ3n) is 2.95. The molecule has 2 rings (SSSR count). The van der Waals surface area contributed by atoms with Gasteiger partial charge in [0.05, 0.1) is 5.56 Å². The summed E-state index contributed by atoms with van der Waals surface area (Å²) >= 11 is 11.7. The maximum atomic E-state index is 11.8. The minimum absolute atomic E-state index is 0.378. The molecule has 0 atom stereocenters. The monoisotopic (exact) mass is 302 g/mol. The van der Waals surface area contributed by atoms with E-state index in [1.807, 2.05) is 0 Å². The topological polar surface area (TPSA) is 41.6 Å². The first-order chi connectivity index (χ1) is 9.15. The van der Waals surface area contributed by atoms with Gasteiger partial charge in [-0.15, -0.1) is 0 Å². The van der Waals surface area contributed by atoms with Gasteiger partial charge in [-0.05, 0) is 18.2 Å². The Balaban J connectivity index is 1.80. The van der Waals surface area contributed by atoms with Gasteiger partial charge in [0.15, 0.2) is 0 Å². The second-order valence-electron chi connectivity index (χ2n) is 4.39. The van der Waals surface area contributed by atoms with Gasteiger partial charge in [-0.1, -0.05) is 23.2 Å². The van der Waals surface area contributed by atoms with Crippen molar-refractivity contribution in [2.24, 2.45) is 0 Å². The number of halogens is 2. The second kappa shape index (κ2) is 7.10. The fourth-order valence-corrected chi connectivity index (χ4v) is 2.48. The Labute approximate surface area is 122 Å². The maximum Gasteiger partial charge on any atom is 0.338 e. The highest BCUT2D eigenvalue weighted by Gasteiger charge is 2.12. The number of carbonyl (C=O) groups excluding carboxylic acids is 1. The van der Waals surface area contributed by atoms with E-state index in [4.69, 9.17) is 27.9 Å². The number of carbonyl (C=O) groups is 1. The molecule has 4 nitrogen and oxygen atoms in total. The summed E-state index contributed by atoms with van der Waals surface area (Å²) < 4.78 is 5.22. The van der Waals surface area contributed by atoms with Gasteiger partial charge >= 0.3 is 5.97 Å². The van der Waals surface area contributed by atoms with Crippen LogP contribution in [0.5, 0.6) is 0 Å². The van der Waals surface area contributed by atoms with Crippen molar-refractivity contribution in [3.63, 3.8) is 0 Å². The number of nitrogens with zero attached hydrogens (tertiary/aromatic N) is 1. The van der Waals surface area contributed by atoms with Crippen LogP contribution in [0, 0.1) is 0 Å². The molecule has 1 aliphatic heterocycles. The number of benzene rings is 1. The smallest absolute Gasteiger partial charge is 0.338 e. The lowest BCUT2D eigenvalue weighted by Crippen LogP contribution is -2.44. The molecule has 1 fully saturated rings. The number of ether oxygens (including phenoxy) is 1. The molecule has 104 valence electrons. The fourth-order valence-electron chi connectivity index (χ4n) is 1.96. The third-order valence-corrected chi connectivity index (χ3v) is 3.38. The van der Waals surface area contributed by atoms with Gasteiger partial charge in [0.2, 0.25) is 0 Å². The first kappa shape index (κ1) is 14.6. The van der Waals surface area contributed by atoms with E-state index in [0.717, 1.165) is 32.7 Å². The summed E-state index contributed by atoms with van der Waals surface area (Å²) in [6.07, 6.45) is 0. The lowest BCUT2D eigenvalue weighted by molar-refractivity contribution is 0.0456. The summed E-state index contributed by atoms with van der Waals surface area (Å²) in [5.74, 6) is -0.389. The lowest BCUT2D eigenvalue weighted by atomic mass is 10.2. The zero-order chi connectivity index (χ0) is 13.7. The molecule has 1 aliphatic rings. The quantitative estimate of drug-likeness (QED) is 0.865. The Morgan fingerprint density at radius 3 is 2.47 bits per heavy atom. The summed E-state index contributed by atoms with van der Waals surface area (Å²) in [4.78, 5) is 14.1. The second-order valence-corrected chi connectivity index (χ2v) is 5.26. The highest BCUT2D eigenvalue weighted by Crippen LogP contribution is 2.19. The molecular weight excluding hydrogens is 287 g/mol. The normalized spacial score (nSPS) is 16.3. The predicted octanol–water partition coefficient (Wildman–Crippen LogP) is 2.06. The Hall–Kier alpha value is -0.810. The minimum atomic E-state index is -0.389. The van der Waals surface area contributed by atoms with Gasteiger partial charge < -0.3 is 10.1 Å². The van der Waals surface area contributed by atoms with Crippen LogP contribution in [0.15, 0.2) is 18.2 Å². The molecule has 0 bridgehead atoms. The molecule has 6 heteroatoms. The van der Waals surface area contributed by atoms with Crippen molar-refractivity contribution in [1.29, 1.82) is 0 Å². The molecule has 0 saturated carbocycles. The Morgan fingerprint density at radius 2 is 1.84 bits per heavy atom. The number of hydrogen-bond acceptors (Lipinski definition) is 4. The molecule has 0 aromatic heterocycles. The van der Waals surface area contributed by atoms with E-state index in [2.05, 4.69) is 10.2 Å². The van der Waals surface area contributed by atoms with Crippen LogP contribution in [0.2, 0.25) is 10.0 Å². The molecule has 0 spiro atoms. The highest BCUT2D eigenvalue weighted by molar-refractivity contribution is 6.35. The van der Waals surface area contributed by atoms with Gasteiger partial charge in [0.25, 0.3) is 0 Å². The van der Waals surface area contributed by atoms with E-state index >= 15 is 0 Å². The number of hydrogen-bond donors (Lipinski definition) is 1. The summed E-state index contributed by atoms with van der Waals surface area (Å²) in [5.41, 5.74) is 0.387. The van der Waals surface area contributed by atoms with Crippen molar-refractivity contribution >= 4 is 29.2 Å². The molecule has 19 heavy (non-hydrogen) atoms. The van der Waals surface area contributed by atoms with Gasteiger partial charge in [0.1, 0.15) is 6.61 Å². The van der Waals surface area contributed by atoms with Crippen molar-refractivity contribution in [2.45, 2.75) is 0 Å². The van der Waals surface area contributed by atoms with Crippen LogP contribution < -0.4 is 5.32 Å². The zero-order valence-corrected chi connectivity index (χ0v) is 12.0. The Kier molecular flexibility index (Phi) is 5.45.